The summed E-state index contributed by atoms with van der Waals surface area (Å²) in [5.41, 5.74) is 3.63. The maximum absolute atomic E-state index is 4.69. The molecule has 0 amide bonds. The number of aliphatic imine (C=N–C) groups is 1. The minimum absolute atomic E-state index is 0.0706. The Morgan fingerprint density at radius 3 is 2.48 bits per heavy atom. The fraction of sp³-hybridized carbons (Fsp3) is 0.650. The van der Waals surface area contributed by atoms with Crippen LogP contribution in [0.25, 0.3) is 0 Å². The summed E-state index contributed by atoms with van der Waals surface area (Å²) in [6.45, 7) is 21.9. The van der Waals surface area contributed by atoms with Crippen LogP contribution >= 0.6 is 0 Å². The van der Waals surface area contributed by atoms with Gasteiger partial charge in [0, 0.05) is 11.6 Å². The topological polar surface area (TPSA) is 12.4 Å². The Labute approximate surface area is 131 Å². The monoisotopic (exact) mass is 287 g/mol. The Morgan fingerprint density at radius 1 is 1.33 bits per heavy atom. The van der Waals surface area contributed by atoms with Crippen molar-refractivity contribution < 1.29 is 0 Å². The summed E-state index contributed by atoms with van der Waals surface area (Å²) in [4.78, 5) is 4.69. The smallest absolute Gasteiger partial charge is 0.0653 e. The lowest BCUT2D eigenvalue weighted by atomic mass is 9.69. The highest BCUT2D eigenvalue weighted by Crippen LogP contribution is 2.44. The highest BCUT2D eigenvalue weighted by atomic mass is 14.8. The highest BCUT2D eigenvalue weighted by Gasteiger charge is 2.37. The Morgan fingerprint density at radius 2 is 1.95 bits per heavy atom. The first kappa shape index (κ1) is 17.9. The molecule has 0 saturated heterocycles. The van der Waals surface area contributed by atoms with Crippen LogP contribution in [-0.2, 0) is 0 Å². The van der Waals surface area contributed by atoms with Gasteiger partial charge in [-0.05, 0) is 48.7 Å². The van der Waals surface area contributed by atoms with E-state index in [0.29, 0.717) is 5.92 Å². The van der Waals surface area contributed by atoms with Gasteiger partial charge in [0.15, 0.2) is 0 Å². The minimum atomic E-state index is 0.0706. The fourth-order valence-corrected chi connectivity index (χ4v) is 3.21. The molecule has 0 aromatic rings. The summed E-state index contributed by atoms with van der Waals surface area (Å²) in [5, 5.41) is 0. The lowest BCUT2D eigenvalue weighted by Crippen LogP contribution is -2.29. The van der Waals surface area contributed by atoms with E-state index in [9.17, 15) is 0 Å². The standard InChI is InChI=1S/C20H33N/c1-9-11-15(4)19-18(7)20(8,13-21-19)17(6)12-16(5)14(3)10-2/h9,13-14,16-17H,1,4,10-12H2,2-3,5-8H3. The van der Waals surface area contributed by atoms with Gasteiger partial charge in [0.1, 0.15) is 0 Å². The van der Waals surface area contributed by atoms with E-state index in [0.717, 1.165) is 29.5 Å². The number of rotatable bonds is 8. The lowest BCUT2D eigenvalue weighted by molar-refractivity contribution is 0.249. The summed E-state index contributed by atoms with van der Waals surface area (Å²) in [7, 11) is 0. The molecule has 1 nitrogen and oxygen atoms in total. The summed E-state index contributed by atoms with van der Waals surface area (Å²) < 4.78 is 0. The van der Waals surface area contributed by atoms with Crippen molar-refractivity contribution in [2.75, 3.05) is 0 Å². The molecule has 1 rings (SSSR count). The molecule has 4 atom stereocenters. The first-order valence-electron chi connectivity index (χ1n) is 8.33. The molecule has 1 heterocycles. The molecule has 1 aliphatic rings. The number of allylic oxidation sites excluding steroid dienone is 3. The quantitative estimate of drug-likeness (QED) is 0.472. The fourth-order valence-electron chi connectivity index (χ4n) is 3.21. The number of hydrogen-bond donors (Lipinski definition) is 0. The predicted octanol–water partition coefficient (Wildman–Crippen LogP) is 6.19. The Hall–Kier alpha value is -1.11. The van der Waals surface area contributed by atoms with Crippen molar-refractivity contribution in [1.29, 1.82) is 0 Å². The first-order chi connectivity index (χ1) is 9.77. The Bertz CT molecular complexity index is 454. The van der Waals surface area contributed by atoms with Crippen molar-refractivity contribution in [3.63, 3.8) is 0 Å². The molecule has 0 aromatic carbocycles. The predicted molar refractivity (Wildman–Crippen MR) is 95.7 cm³/mol. The van der Waals surface area contributed by atoms with Gasteiger partial charge in [0.25, 0.3) is 0 Å². The Kier molecular flexibility index (Phi) is 6.19. The largest absolute Gasteiger partial charge is 0.260 e. The van der Waals surface area contributed by atoms with Crippen LogP contribution in [0.3, 0.4) is 0 Å². The molecule has 0 saturated carbocycles. The van der Waals surface area contributed by atoms with E-state index >= 15 is 0 Å². The van der Waals surface area contributed by atoms with E-state index in [4.69, 9.17) is 0 Å². The van der Waals surface area contributed by atoms with Crippen LogP contribution in [0.5, 0.6) is 0 Å². The van der Waals surface area contributed by atoms with E-state index in [-0.39, 0.29) is 5.41 Å². The third-order valence-electron chi connectivity index (χ3n) is 5.72. The van der Waals surface area contributed by atoms with Gasteiger partial charge in [-0.25, -0.2) is 0 Å². The van der Waals surface area contributed by atoms with E-state index in [1.54, 1.807) is 0 Å². The van der Waals surface area contributed by atoms with Gasteiger partial charge in [0.2, 0.25) is 0 Å². The van der Waals surface area contributed by atoms with Crippen LogP contribution in [0.4, 0.5) is 0 Å². The van der Waals surface area contributed by atoms with E-state index in [2.05, 4.69) is 65.9 Å². The van der Waals surface area contributed by atoms with Crippen molar-refractivity contribution in [3.05, 3.63) is 36.1 Å². The van der Waals surface area contributed by atoms with Gasteiger partial charge in [-0.15, -0.1) is 6.58 Å². The molecule has 1 heteroatoms. The van der Waals surface area contributed by atoms with Crippen LogP contribution < -0.4 is 0 Å². The molecule has 0 radical (unpaired) electrons. The molecule has 1 aliphatic heterocycles. The van der Waals surface area contributed by atoms with E-state index in [1.807, 2.05) is 6.08 Å². The highest BCUT2D eigenvalue weighted by molar-refractivity contribution is 5.77. The molecule has 0 fully saturated rings. The zero-order chi connectivity index (χ0) is 16.2. The third kappa shape index (κ3) is 3.75. The average molecular weight is 287 g/mol. The van der Waals surface area contributed by atoms with Crippen LogP contribution in [0.2, 0.25) is 0 Å². The summed E-state index contributed by atoms with van der Waals surface area (Å²) in [6.07, 6.45) is 7.38. The van der Waals surface area contributed by atoms with Gasteiger partial charge in [-0.1, -0.05) is 53.7 Å². The minimum Gasteiger partial charge on any atom is -0.260 e. The summed E-state index contributed by atoms with van der Waals surface area (Å²) in [6, 6.07) is 0. The average Bonchev–Trinajstić information content (AvgIpc) is 2.75. The maximum Gasteiger partial charge on any atom is 0.0653 e. The SMILES string of the molecule is C=CCC(=C)C1=C(C)C(C)(C(C)CC(C)C(C)CC)C=N1. The van der Waals surface area contributed by atoms with Crippen LogP contribution in [0.15, 0.2) is 41.1 Å². The zero-order valence-electron chi connectivity index (χ0n) is 14.9. The second-order valence-corrected chi connectivity index (χ2v) is 7.11. The molecule has 0 aliphatic carbocycles. The van der Waals surface area contributed by atoms with Crippen molar-refractivity contribution >= 4 is 6.21 Å². The van der Waals surface area contributed by atoms with Crippen LogP contribution in [0, 0.1) is 23.2 Å². The van der Waals surface area contributed by atoms with Crippen molar-refractivity contribution in [2.24, 2.45) is 28.2 Å². The second-order valence-electron chi connectivity index (χ2n) is 7.11. The number of nitrogens with zero attached hydrogens (tertiary/aromatic N) is 1. The second kappa shape index (κ2) is 7.24. The van der Waals surface area contributed by atoms with E-state index in [1.165, 1.54) is 18.4 Å². The molecule has 0 spiro atoms. The molecule has 0 aromatic heterocycles. The van der Waals surface area contributed by atoms with Gasteiger partial charge in [0.05, 0.1) is 5.70 Å². The van der Waals surface area contributed by atoms with Crippen LogP contribution in [-0.4, -0.2) is 6.21 Å². The van der Waals surface area contributed by atoms with Crippen molar-refractivity contribution in [2.45, 2.75) is 60.8 Å². The van der Waals surface area contributed by atoms with Gasteiger partial charge in [-0.3, -0.25) is 4.99 Å². The normalized spacial score (nSPS) is 25.8. The molecule has 118 valence electrons. The van der Waals surface area contributed by atoms with Gasteiger partial charge < -0.3 is 0 Å². The van der Waals surface area contributed by atoms with Crippen molar-refractivity contribution in [3.8, 4) is 0 Å². The molecule has 0 N–H and O–H groups in total. The summed E-state index contributed by atoms with van der Waals surface area (Å²) in [5.74, 6) is 2.14. The third-order valence-corrected chi connectivity index (χ3v) is 5.72. The molecule has 0 bridgehead atoms. The Balaban J connectivity index is 2.89. The molecule has 4 unspecified atom stereocenters. The molecule has 21 heavy (non-hydrogen) atoms. The summed E-state index contributed by atoms with van der Waals surface area (Å²) >= 11 is 0. The van der Waals surface area contributed by atoms with Gasteiger partial charge in [-0.2, -0.15) is 0 Å². The molecular formula is C20H33N. The first-order valence-corrected chi connectivity index (χ1v) is 8.33. The van der Waals surface area contributed by atoms with E-state index < -0.39 is 0 Å². The molecular weight excluding hydrogens is 254 g/mol. The maximum atomic E-state index is 4.69. The van der Waals surface area contributed by atoms with Crippen molar-refractivity contribution in [1.82, 2.24) is 0 Å². The number of hydrogen-bond acceptors (Lipinski definition) is 1. The lowest BCUT2D eigenvalue weighted by Gasteiger charge is -2.34. The van der Waals surface area contributed by atoms with Gasteiger partial charge >= 0.3 is 0 Å². The zero-order valence-corrected chi connectivity index (χ0v) is 14.9. The van der Waals surface area contributed by atoms with Crippen LogP contribution in [0.1, 0.15) is 60.8 Å².